The van der Waals surface area contributed by atoms with E-state index in [-0.39, 0.29) is 11.9 Å². The van der Waals surface area contributed by atoms with Gasteiger partial charge in [0.15, 0.2) is 0 Å². The predicted octanol–water partition coefficient (Wildman–Crippen LogP) is 2.54. The highest BCUT2D eigenvalue weighted by Gasteiger charge is 2.29. The number of nitrogens with zero attached hydrogens (tertiary/aromatic N) is 1. The molecule has 4 nitrogen and oxygen atoms in total. The Morgan fingerprint density at radius 2 is 2.16 bits per heavy atom. The van der Waals surface area contributed by atoms with Crippen molar-refractivity contribution in [2.45, 2.75) is 39.7 Å². The molecule has 0 aliphatic carbocycles. The van der Waals surface area contributed by atoms with Gasteiger partial charge in [-0.15, -0.1) is 0 Å². The number of piperidine rings is 1. The quantitative estimate of drug-likeness (QED) is 0.635. The molecule has 2 unspecified atom stereocenters. The van der Waals surface area contributed by atoms with Gasteiger partial charge in [-0.05, 0) is 44.7 Å². The summed E-state index contributed by atoms with van der Waals surface area (Å²) in [4.78, 5) is 14.7. The summed E-state index contributed by atoms with van der Waals surface area (Å²) in [7, 11) is 0. The van der Waals surface area contributed by atoms with Crippen LogP contribution in [0.25, 0.3) is 0 Å². The average molecular weight is 261 g/mol. The minimum absolute atomic E-state index is 0.0794. The van der Waals surface area contributed by atoms with Crippen molar-refractivity contribution in [1.29, 1.82) is 0 Å². The maximum atomic E-state index is 12.7. The number of amides is 1. The van der Waals surface area contributed by atoms with Crippen LogP contribution in [0.2, 0.25) is 0 Å². The Hall–Kier alpha value is -1.55. The molecule has 1 aliphatic heterocycles. The SMILES string of the molecule is Cc1ccc(NN)c(C(=O)N2CCCC(C)C2C)c1. The van der Waals surface area contributed by atoms with Crippen LogP contribution in [0, 0.1) is 12.8 Å². The van der Waals surface area contributed by atoms with Gasteiger partial charge in [-0.3, -0.25) is 10.6 Å². The van der Waals surface area contributed by atoms with Gasteiger partial charge in [0.2, 0.25) is 0 Å². The fourth-order valence-corrected chi connectivity index (χ4v) is 2.74. The molecule has 1 amide bonds. The largest absolute Gasteiger partial charge is 0.336 e. The molecular weight excluding hydrogens is 238 g/mol. The van der Waals surface area contributed by atoms with Crippen LogP contribution in [0.3, 0.4) is 0 Å². The number of hydrazine groups is 1. The summed E-state index contributed by atoms with van der Waals surface area (Å²) in [6.45, 7) is 7.16. The number of hydrogen-bond acceptors (Lipinski definition) is 3. The van der Waals surface area contributed by atoms with Gasteiger partial charge in [0.05, 0.1) is 11.3 Å². The standard InChI is InChI=1S/C15H23N3O/c1-10-6-7-14(17-16)13(9-10)15(19)18-8-4-5-11(2)12(18)3/h6-7,9,11-12,17H,4-5,8,16H2,1-3H3. The maximum Gasteiger partial charge on any atom is 0.256 e. The first kappa shape index (κ1) is 13.9. The van der Waals surface area contributed by atoms with E-state index in [1.807, 2.05) is 30.0 Å². The van der Waals surface area contributed by atoms with E-state index in [1.165, 1.54) is 6.42 Å². The van der Waals surface area contributed by atoms with E-state index in [9.17, 15) is 4.79 Å². The highest BCUT2D eigenvalue weighted by atomic mass is 16.2. The summed E-state index contributed by atoms with van der Waals surface area (Å²) in [6.07, 6.45) is 2.27. The summed E-state index contributed by atoms with van der Waals surface area (Å²) in [5.74, 6) is 6.14. The number of carbonyl (C=O) groups is 1. The van der Waals surface area contributed by atoms with Crippen LogP contribution in [-0.4, -0.2) is 23.4 Å². The smallest absolute Gasteiger partial charge is 0.256 e. The Morgan fingerprint density at radius 1 is 1.42 bits per heavy atom. The van der Waals surface area contributed by atoms with Crippen molar-refractivity contribution in [3.05, 3.63) is 29.3 Å². The van der Waals surface area contributed by atoms with Crippen molar-refractivity contribution in [3.63, 3.8) is 0 Å². The van der Waals surface area contributed by atoms with Crippen molar-refractivity contribution in [1.82, 2.24) is 4.90 Å². The minimum Gasteiger partial charge on any atom is -0.336 e. The number of nitrogen functional groups attached to an aromatic ring is 1. The lowest BCUT2D eigenvalue weighted by Gasteiger charge is -2.38. The van der Waals surface area contributed by atoms with Crippen LogP contribution in [-0.2, 0) is 0 Å². The first-order valence-corrected chi connectivity index (χ1v) is 6.93. The van der Waals surface area contributed by atoms with E-state index in [0.717, 1.165) is 18.5 Å². The van der Waals surface area contributed by atoms with Crippen molar-refractivity contribution in [3.8, 4) is 0 Å². The second-order valence-electron chi connectivity index (χ2n) is 5.55. The first-order valence-electron chi connectivity index (χ1n) is 6.93. The van der Waals surface area contributed by atoms with Crippen LogP contribution in [0.1, 0.15) is 42.6 Å². The molecule has 0 bridgehead atoms. The van der Waals surface area contributed by atoms with Crippen molar-refractivity contribution >= 4 is 11.6 Å². The minimum atomic E-state index is 0.0794. The molecular formula is C15H23N3O. The molecule has 4 heteroatoms. The Labute approximate surface area is 114 Å². The first-order chi connectivity index (χ1) is 9.04. The second-order valence-corrected chi connectivity index (χ2v) is 5.55. The number of nitrogens with two attached hydrogens (primary N) is 1. The molecule has 0 aromatic heterocycles. The van der Waals surface area contributed by atoms with Gasteiger partial charge < -0.3 is 10.3 Å². The lowest BCUT2D eigenvalue weighted by Crippen LogP contribution is -2.46. The molecule has 0 spiro atoms. The predicted molar refractivity (Wildman–Crippen MR) is 77.9 cm³/mol. The number of rotatable bonds is 2. The van der Waals surface area contributed by atoms with E-state index >= 15 is 0 Å². The molecule has 104 valence electrons. The Balaban J connectivity index is 2.30. The fraction of sp³-hybridized carbons (Fsp3) is 0.533. The molecule has 1 aromatic rings. The highest BCUT2D eigenvalue weighted by molar-refractivity contribution is 6.00. The second kappa shape index (κ2) is 5.61. The molecule has 1 fully saturated rings. The molecule has 1 aliphatic rings. The zero-order valence-electron chi connectivity index (χ0n) is 11.9. The average Bonchev–Trinajstić information content (AvgIpc) is 2.41. The highest BCUT2D eigenvalue weighted by Crippen LogP contribution is 2.26. The third-order valence-corrected chi connectivity index (χ3v) is 4.20. The van der Waals surface area contributed by atoms with E-state index in [2.05, 4.69) is 19.3 Å². The molecule has 1 saturated heterocycles. The zero-order valence-corrected chi connectivity index (χ0v) is 11.9. The van der Waals surface area contributed by atoms with Crippen molar-refractivity contribution in [2.24, 2.45) is 11.8 Å². The Morgan fingerprint density at radius 3 is 2.84 bits per heavy atom. The monoisotopic (exact) mass is 261 g/mol. The number of benzene rings is 1. The van der Waals surface area contributed by atoms with E-state index in [4.69, 9.17) is 5.84 Å². The molecule has 0 radical (unpaired) electrons. The Bertz CT molecular complexity index is 472. The molecule has 2 atom stereocenters. The van der Waals surface area contributed by atoms with Gasteiger partial charge in [0.1, 0.15) is 0 Å². The number of hydrogen-bond donors (Lipinski definition) is 2. The van der Waals surface area contributed by atoms with E-state index in [1.54, 1.807) is 0 Å². The van der Waals surface area contributed by atoms with Gasteiger partial charge in [0, 0.05) is 12.6 Å². The van der Waals surface area contributed by atoms with Crippen molar-refractivity contribution in [2.75, 3.05) is 12.0 Å². The zero-order chi connectivity index (χ0) is 14.0. The molecule has 1 heterocycles. The Kier molecular flexibility index (Phi) is 4.10. The van der Waals surface area contributed by atoms with Crippen LogP contribution in [0.5, 0.6) is 0 Å². The third-order valence-electron chi connectivity index (χ3n) is 4.20. The van der Waals surface area contributed by atoms with E-state index < -0.39 is 0 Å². The summed E-state index contributed by atoms with van der Waals surface area (Å²) < 4.78 is 0. The number of carbonyl (C=O) groups excluding carboxylic acids is 1. The van der Waals surface area contributed by atoms with Gasteiger partial charge in [0.25, 0.3) is 5.91 Å². The van der Waals surface area contributed by atoms with Crippen LogP contribution < -0.4 is 11.3 Å². The normalized spacial score (nSPS) is 23.3. The van der Waals surface area contributed by atoms with Crippen molar-refractivity contribution < 1.29 is 4.79 Å². The van der Waals surface area contributed by atoms with Gasteiger partial charge in [-0.1, -0.05) is 18.6 Å². The van der Waals surface area contributed by atoms with Crippen LogP contribution >= 0.6 is 0 Å². The van der Waals surface area contributed by atoms with Gasteiger partial charge >= 0.3 is 0 Å². The lowest BCUT2D eigenvalue weighted by atomic mass is 9.91. The van der Waals surface area contributed by atoms with Gasteiger partial charge in [-0.2, -0.15) is 0 Å². The maximum absolute atomic E-state index is 12.7. The summed E-state index contributed by atoms with van der Waals surface area (Å²) >= 11 is 0. The van der Waals surface area contributed by atoms with Gasteiger partial charge in [-0.25, -0.2) is 0 Å². The molecule has 1 aromatic carbocycles. The van der Waals surface area contributed by atoms with Crippen LogP contribution in [0.15, 0.2) is 18.2 Å². The molecule has 19 heavy (non-hydrogen) atoms. The summed E-state index contributed by atoms with van der Waals surface area (Å²) in [6, 6.07) is 6.01. The molecule has 0 saturated carbocycles. The van der Waals surface area contributed by atoms with E-state index in [0.29, 0.717) is 17.2 Å². The number of nitrogens with one attached hydrogen (secondary N) is 1. The number of anilines is 1. The number of aryl methyl sites for hydroxylation is 1. The lowest BCUT2D eigenvalue weighted by molar-refractivity contribution is 0.0552. The molecule has 2 rings (SSSR count). The van der Waals surface area contributed by atoms with Crippen LogP contribution in [0.4, 0.5) is 5.69 Å². The third kappa shape index (κ3) is 2.73. The molecule has 3 N–H and O–H groups in total. The fourth-order valence-electron chi connectivity index (χ4n) is 2.74. The number of likely N-dealkylation sites (tertiary alicyclic amines) is 1. The summed E-state index contributed by atoms with van der Waals surface area (Å²) in [5.41, 5.74) is 5.06. The topological polar surface area (TPSA) is 58.4 Å². The summed E-state index contributed by atoms with van der Waals surface area (Å²) in [5, 5.41) is 0.